The number of halogens is 2. The van der Waals surface area contributed by atoms with E-state index in [1.165, 1.54) is 30.8 Å². The van der Waals surface area contributed by atoms with Gasteiger partial charge in [-0.3, -0.25) is 33.6 Å². The fraction of sp³-hybridized carbons (Fsp3) is 0.462. The van der Waals surface area contributed by atoms with Gasteiger partial charge in [0, 0.05) is 60.9 Å². The van der Waals surface area contributed by atoms with Crippen LogP contribution < -0.4 is 73.5 Å². The highest BCUT2D eigenvalue weighted by atomic mass is 35.5. The number of aliphatic carboxylic acids is 1. The maximum atomic E-state index is 16.2. The molecular weight excluding hydrogens is 1530 g/mol. The summed E-state index contributed by atoms with van der Waals surface area (Å²) >= 11 is 14.3. The van der Waals surface area contributed by atoms with Crippen LogP contribution in [-0.4, -0.2) is 205 Å². The van der Waals surface area contributed by atoms with Crippen molar-refractivity contribution in [2.45, 2.75) is 190 Å². The van der Waals surface area contributed by atoms with Crippen LogP contribution in [0.15, 0.2) is 102 Å². The predicted octanol–water partition coefficient (Wildman–Crippen LogP) is 2.99. The minimum Gasteiger partial charge on any atom is -0.508 e. The normalized spacial score (nSPS) is 27.6. The Balaban J connectivity index is 1.17. The number of phenols is 3. The van der Waals surface area contributed by atoms with Crippen molar-refractivity contribution in [3.8, 4) is 57.1 Å². The lowest BCUT2D eigenvalue weighted by atomic mass is 9.85. The molecule has 36 heteroatoms. The molecule has 34 nitrogen and oxygen atoms in total. The molecule has 12 rings (SSSR count). The fourth-order valence-electron chi connectivity index (χ4n) is 14.2. The predicted molar refractivity (Wildman–Crippen MR) is 410 cm³/mol. The molecule has 7 aliphatic heterocycles. The van der Waals surface area contributed by atoms with Gasteiger partial charge in [-0.25, -0.2) is 4.79 Å². The number of aliphatic hydroxyl groups is 5. The first kappa shape index (κ1) is 86.6. The first-order valence-corrected chi connectivity index (χ1v) is 37.7. The molecule has 0 aromatic heterocycles. The quantitative estimate of drug-likeness (QED) is 0.0350. The zero-order chi connectivity index (χ0) is 83.1. The molecule has 7 heterocycles. The monoisotopic (exact) mass is 1630 g/mol. The summed E-state index contributed by atoms with van der Waals surface area (Å²) in [5.41, 5.74) is 10.5. The Morgan fingerprint density at radius 1 is 0.711 bits per heavy atom. The number of hydrogen-bond acceptors (Lipinski definition) is 26. The van der Waals surface area contributed by atoms with E-state index in [1.807, 2.05) is 34.6 Å². The number of likely N-dealkylation sites (N-methyl/N-ethyl adjacent to an activating group) is 1. The van der Waals surface area contributed by atoms with Crippen molar-refractivity contribution in [1.82, 2.24) is 47.9 Å². The summed E-state index contributed by atoms with van der Waals surface area (Å²) in [5.74, 6) is -15.7. The molecule has 5 aromatic rings. The summed E-state index contributed by atoms with van der Waals surface area (Å²) in [4.78, 5) is 118. The first-order valence-electron chi connectivity index (χ1n) is 37.0. The molecule has 0 saturated carbocycles. The summed E-state index contributed by atoms with van der Waals surface area (Å²) in [6, 6.07) is -0.298. The number of benzene rings is 5. The van der Waals surface area contributed by atoms with Crippen molar-refractivity contribution in [3.05, 3.63) is 140 Å². The number of nitrogens with two attached hydrogens (primary N) is 2. The van der Waals surface area contributed by atoms with Crippen molar-refractivity contribution in [2.75, 3.05) is 33.2 Å². The van der Waals surface area contributed by atoms with Crippen LogP contribution in [0.1, 0.15) is 139 Å². The minimum absolute atomic E-state index is 0.0969. The highest BCUT2D eigenvalue weighted by molar-refractivity contribution is 6.32. The lowest BCUT2D eigenvalue weighted by molar-refractivity contribution is -0.331. The van der Waals surface area contributed by atoms with E-state index in [0.29, 0.717) is 19.6 Å². The molecule has 0 unspecified atom stereocenters. The zero-order valence-corrected chi connectivity index (χ0v) is 65.1. The van der Waals surface area contributed by atoms with Crippen molar-refractivity contribution in [1.29, 1.82) is 0 Å². The zero-order valence-electron chi connectivity index (χ0n) is 63.6. The SMILES string of the molecule is CN[C@H](CC(C)C)C(=O)N[C@H]1C(=O)N[C@@H](CC(N)=O)C(=O)N[C@H]2C(=O)N[C@H]3C(=O)N[C@H](C(=O)N[C@H](C(=O)O)c4cc(O)cc(O)c4-c4cc3ccc4O)[C@H](O)c3ccc(c(Cl)c3)Oc3cc2cc(c3O[C@@H]2O[C@H](CN)[C@@H](O)[C@H](O)[C@H]2O[C@H]2C[C@](C)(NCCNC/C(C)=C/CCC=C(C)C)[C@H](O)[C@H](C)O2)Oc2ccc(cc2Cl)[C@H]1O. The van der Waals surface area contributed by atoms with Crippen LogP contribution in [0, 0.1) is 5.92 Å². The molecule has 22 N–H and O–H groups in total. The second-order valence-electron chi connectivity index (χ2n) is 29.7. The maximum absolute atomic E-state index is 16.2. The van der Waals surface area contributed by atoms with Crippen LogP contribution in [0.3, 0.4) is 0 Å². The highest BCUT2D eigenvalue weighted by Crippen LogP contribution is 2.50. The van der Waals surface area contributed by atoms with Crippen molar-refractivity contribution >= 4 is 70.5 Å². The largest absolute Gasteiger partial charge is 0.508 e. The Kier molecular flexibility index (Phi) is 28.3. The Morgan fingerprint density at radius 2 is 1.33 bits per heavy atom. The van der Waals surface area contributed by atoms with E-state index in [9.17, 15) is 69.9 Å². The van der Waals surface area contributed by atoms with Crippen molar-refractivity contribution in [3.63, 3.8) is 0 Å². The van der Waals surface area contributed by atoms with E-state index < -0.39 is 231 Å². The molecule has 0 spiro atoms. The molecule has 616 valence electrons. The smallest absolute Gasteiger partial charge is 0.330 e. The molecule has 5 aromatic carbocycles. The molecule has 0 radical (unpaired) electrons. The standard InChI is InChI=1S/C78H97Cl2N11O23/c1-33(2)11-9-10-12-35(5)32-84-19-20-85-78(7)30-56(109-36(6)69(78)100)113-68-66(99)65(98)54(31-81)112-77(68)114-67-52-25-40-26-53(67)111-51-18-15-39(24-45(51)80)64(97)62-75(106)89-60(76(107)108)43-27-41(92)28-49(94)57(43)42-22-37(13-16-48(42)93)58(72(103)91-62)88-73(104)59(40)87-71(102)47(29-55(82)95)86-74(105)61(90-70(101)46(83-8)21-34(3)4)63(96)38-14-17-50(110-52)44(79)23-38/h11-18,22-28,34,36,46-47,54,56,58-66,68-69,77,83-85,92-94,96-100H,9-10,19-21,29-32,81H2,1-8H3,(H2,82,95)(H,86,105)(H,87,102)(H,88,104)(H,89,106)(H,90,101)(H,91,103)(H,107,108)/b35-12+/t36-,46+,47-,54+,56-,58+,59+,60-,61+,62-,63+,64+,65+,66-,68+,69+,77-,78-/m0/s1. The average Bonchev–Trinajstić information content (AvgIpc) is 0.768. The van der Waals surface area contributed by atoms with Gasteiger partial charge in [-0.2, -0.15) is 0 Å². The number of aliphatic hydroxyl groups excluding tert-OH is 5. The summed E-state index contributed by atoms with van der Waals surface area (Å²) in [6.45, 7) is 14.1. The molecule has 11 bridgehead atoms. The van der Waals surface area contributed by atoms with Crippen molar-refractivity contribution < 1.29 is 113 Å². The lowest BCUT2D eigenvalue weighted by Crippen LogP contribution is -2.66. The number of carboxylic acid groups (broad SMARTS) is 1. The topological polar surface area (TPSA) is 534 Å². The third-order valence-electron chi connectivity index (χ3n) is 20.2. The van der Waals surface area contributed by atoms with E-state index in [2.05, 4.69) is 60.0 Å². The Hall–Kier alpha value is -9.76. The van der Waals surface area contributed by atoms with Gasteiger partial charge in [0.1, 0.15) is 89.5 Å². The number of carbonyl (C=O) groups excluding carboxylic acids is 7. The Bertz CT molecular complexity index is 4510. The van der Waals surface area contributed by atoms with Crippen LogP contribution in [0.5, 0.6) is 46.0 Å². The van der Waals surface area contributed by atoms with E-state index in [4.69, 9.17) is 63.1 Å². The van der Waals surface area contributed by atoms with Gasteiger partial charge in [-0.15, -0.1) is 0 Å². The fourth-order valence-corrected chi connectivity index (χ4v) is 14.6. The molecule has 18 atom stereocenters. The molecule has 7 amide bonds. The number of nitrogens with one attached hydrogen (secondary N) is 9. The Morgan fingerprint density at radius 3 is 1.95 bits per heavy atom. The van der Waals surface area contributed by atoms with Gasteiger partial charge in [-0.05, 0) is 144 Å². The lowest BCUT2D eigenvalue weighted by Gasteiger charge is -2.48. The number of hydrogen-bond donors (Lipinski definition) is 20. The number of phenolic OH excluding ortho intramolecular Hbond substituents is 3. The summed E-state index contributed by atoms with van der Waals surface area (Å²) in [5, 5.41) is 129. The van der Waals surface area contributed by atoms with Gasteiger partial charge in [0.2, 0.25) is 53.4 Å². The number of carboxylic acids is 1. The molecule has 2 fully saturated rings. The number of unbranched alkanes of at least 4 members (excludes halogenated alkanes) is 1. The van der Waals surface area contributed by atoms with E-state index in [1.54, 1.807) is 13.8 Å². The number of primary amides is 1. The van der Waals surface area contributed by atoms with E-state index in [0.717, 1.165) is 79.1 Å². The highest BCUT2D eigenvalue weighted by Gasteiger charge is 2.52. The number of aromatic hydroxyl groups is 3. The second kappa shape index (κ2) is 37.2. The number of rotatable bonds is 22. The van der Waals surface area contributed by atoms with Gasteiger partial charge >= 0.3 is 5.97 Å². The molecule has 7 aliphatic rings. The average molecular weight is 1630 g/mol. The number of allylic oxidation sites excluding steroid dienone is 3. The molecule has 2 saturated heterocycles. The van der Waals surface area contributed by atoms with Crippen LogP contribution in [0.4, 0.5) is 0 Å². The summed E-state index contributed by atoms with van der Waals surface area (Å²) < 4.78 is 39.7. The van der Waals surface area contributed by atoms with Crippen LogP contribution in [0.2, 0.25) is 10.0 Å². The number of carbonyl (C=O) groups is 8. The van der Waals surface area contributed by atoms with E-state index in [-0.39, 0.29) is 52.0 Å². The molecule has 114 heavy (non-hydrogen) atoms. The van der Waals surface area contributed by atoms with Crippen LogP contribution in [0.25, 0.3) is 11.1 Å². The van der Waals surface area contributed by atoms with Crippen LogP contribution >= 0.6 is 23.2 Å². The Labute approximate surface area is 665 Å². The number of fused-ring (bicyclic) bond motifs is 15. The summed E-state index contributed by atoms with van der Waals surface area (Å²) in [7, 11) is 1.48. The molecule has 0 aliphatic carbocycles. The van der Waals surface area contributed by atoms with Gasteiger partial charge in [0.05, 0.1) is 34.7 Å². The van der Waals surface area contributed by atoms with Gasteiger partial charge in [0.25, 0.3) is 0 Å². The van der Waals surface area contributed by atoms with E-state index >= 15 is 14.4 Å². The van der Waals surface area contributed by atoms with Crippen LogP contribution in [-0.2, 0) is 52.6 Å². The maximum Gasteiger partial charge on any atom is 0.330 e. The first-order chi connectivity index (χ1) is 54.0. The third kappa shape index (κ3) is 20.1. The number of ether oxygens (including phenoxy) is 6. The van der Waals surface area contributed by atoms with Gasteiger partial charge in [0.15, 0.2) is 29.9 Å². The summed E-state index contributed by atoms with van der Waals surface area (Å²) in [6.07, 6.45) is -11.6. The van der Waals surface area contributed by atoms with Gasteiger partial charge in [-0.1, -0.05) is 78.5 Å². The second-order valence-corrected chi connectivity index (χ2v) is 30.5. The molecular formula is C78H97Cl2N11O23. The van der Waals surface area contributed by atoms with Crippen molar-refractivity contribution in [2.24, 2.45) is 17.4 Å². The van der Waals surface area contributed by atoms with Gasteiger partial charge < -0.3 is 134 Å². The third-order valence-corrected chi connectivity index (χ3v) is 20.8. The number of amides is 7. The minimum atomic E-state index is -2.34.